The van der Waals surface area contributed by atoms with Gasteiger partial charge in [-0.25, -0.2) is 38.4 Å². The van der Waals surface area contributed by atoms with E-state index in [9.17, 15) is 76.7 Å². The second-order valence-electron chi connectivity index (χ2n) is 26.7. The summed E-state index contributed by atoms with van der Waals surface area (Å²) >= 11 is 0. The molecule has 4 saturated carbocycles. The van der Waals surface area contributed by atoms with Gasteiger partial charge in [0, 0.05) is 30.4 Å². The molecule has 0 radical (unpaired) electrons. The van der Waals surface area contributed by atoms with Gasteiger partial charge in [0.15, 0.2) is 0 Å². The van der Waals surface area contributed by atoms with Crippen molar-refractivity contribution < 1.29 is 153 Å². The van der Waals surface area contributed by atoms with E-state index in [-0.39, 0.29) is 174 Å². The number of hydrogen-bond acceptors (Lipinski definition) is 32. The molecule has 0 aromatic heterocycles. The molecule has 4 fully saturated rings. The first-order chi connectivity index (χ1) is 54.9. The molecule has 0 aliphatic heterocycles. The lowest BCUT2D eigenvalue weighted by Crippen LogP contribution is -2.31. The molecule has 32 nitrogen and oxygen atoms in total. The maximum Gasteiger partial charge on any atom is 0.342 e. The zero-order valence-electron chi connectivity index (χ0n) is 63.0. The molecule has 4 aliphatic rings. The molecule has 3 aromatic carbocycles. The summed E-state index contributed by atoms with van der Waals surface area (Å²) in [5.74, 6) is -18.3. The number of hydrogen-bond donors (Lipinski definition) is 0. The Hall–Kier alpha value is -12.1. The molecule has 32 heteroatoms. The summed E-state index contributed by atoms with van der Waals surface area (Å²) in [6.45, 7) is 14.8. The van der Waals surface area contributed by atoms with Crippen molar-refractivity contribution >= 4 is 95.5 Å². The molecule has 0 unspecified atom stereocenters. The molecule has 0 spiro atoms. The van der Waals surface area contributed by atoms with Gasteiger partial charge in [0.1, 0.15) is 90.8 Å². The summed E-state index contributed by atoms with van der Waals surface area (Å²) in [5, 5.41) is 0. The van der Waals surface area contributed by atoms with Gasteiger partial charge in [-0.05, 0) is 183 Å². The van der Waals surface area contributed by atoms with Crippen molar-refractivity contribution in [2.75, 3.05) is 66.1 Å². The summed E-state index contributed by atoms with van der Waals surface area (Å²) in [5.41, 5.74) is -0.990. The van der Waals surface area contributed by atoms with Gasteiger partial charge in [-0.3, -0.25) is 38.4 Å². The summed E-state index contributed by atoms with van der Waals surface area (Å²) in [7, 11) is 0. The molecular weight excluding hydrogens is 1500 g/mol. The number of unbranched alkanes of at least 4 members (excludes halogenated alkanes) is 2. The van der Waals surface area contributed by atoms with E-state index in [0.717, 1.165) is 48.6 Å². The molecule has 0 N–H and O–H groups in total. The number of carbonyl (C=O) groups excluding carboxylic acids is 16. The van der Waals surface area contributed by atoms with Crippen molar-refractivity contribution in [1.82, 2.24) is 0 Å². The van der Waals surface area contributed by atoms with Crippen LogP contribution >= 0.6 is 0 Å². The average molecular weight is 1590 g/mol. The minimum Gasteiger partial charge on any atom is -0.465 e. The second-order valence-corrected chi connectivity index (χ2v) is 26.7. The molecular formula is C82H92O32. The lowest BCUT2D eigenvalue weighted by molar-refractivity contribution is -0.152. The van der Waals surface area contributed by atoms with Gasteiger partial charge in [-0.2, -0.15) is 0 Å². The largest absolute Gasteiger partial charge is 0.465 e. The molecule has 0 bridgehead atoms. The van der Waals surface area contributed by atoms with Crippen LogP contribution in [0.5, 0.6) is 34.5 Å². The van der Waals surface area contributed by atoms with Crippen molar-refractivity contribution in [2.45, 2.75) is 128 Å². The highest BCUT2D eigenvalue weighted by molar-refractivity contribution is 5.97. The minimum atomic E-state index is -1.07. The number of carbonyl (C=O) groups is 16. The van der Waals surface area contributed by atoms with Crippen LogP contribution < -0.4 is 28.4 Å². The van der Waals surface area contributed by atoms with Gasteiger partial charge < -0.3 is 75.8 Å². The Morgan fingerprint density at radius 3 is 0.640 bits per heavy atom. The molecule has 0 amide bonds. The van der Waals surface area contributed by atoms with Crippen LogP contribution in [0.2, 0.25) is 0 Å². The van der Waals surface area contributed by atoms with Crippen molar-refractivity contribution in [2.24, 2.45) is 47.3 Å². The highest BCUT2D eigenvalue weighted by Gasteiger charge is 2.38. The smallest absolute Gasteiger partial charge is 0.342 e. The van der Waals surface area contributed by atoms with E-state index in [2.05, 4.69) is 32.9 Å². The number of rotatable bonds is 41. The molecule has 3 aromatic rings. The van der Waals surface area contributed by atoms with Gasteiger partial charge >= 0.3 is 95.5 Å². The highest BCUT2D eigenvalue weighted by atomic mass is 16.6. The van der Waals surface area contributed by atoms with Gasteiger partial charge in [0.05, 0.1) is 73.8 Å². The van der Waals surface area contributed by atoms with Crippen LogP contribution in [0, 0.1) is 47.3 Å². The van der Waals surface area contributed by atoms with Crippen molar-refractivity contribution in [1.29, 1.82) is 0 Å². The molecule has 7 rings (SSSR count). The first-order valence-electron chi connectivity index (χ1n) is 37.4. The normalized spacial score (nSPS) is 18.8. The first kappa shape index (κ1) is 89.1. The van der Waals surface area contributed by atoms with E-state index < -0.39 is 163 Å². The Labute approximate surface area is 656 Å². The van der Waals surface area contributed by atoms with E-state index in [1.807, 2.05) is 0 Å². The molecule has 612 valence electrons. The van der Waals surface area contributed by atoms with E-state index in [0.29, 0.717) is 51.4 Å². The third kappa shape index (κ3) is 28.9. The summed E-state index contributed by atoms with van der Waals surface area (Å²) in [6.07, 6.45) is 10.0. The van der Waals surface area contributed by atoms with Crippen LogP contribution in [0.4, 0.5) is 0 Å². The Balaban J connectivity index is 0.921. The zero-order chi connectivity index (χ0) is 82.5. The molecule has 114 heavy (non-hydrogen) atoms. The lowest BCUT2D eigenvalue weighted by Gasteiger charge is -2.26. The fourth-order valence-electron chi connectivity index (χ4n) is 12.6. The fourth-order valence-corrected chi connectivity index (χ4v) is 12.6. The summed E-state index contributed by atoms with van der Waals surface area (Å²) in [6, 6.07) is 11.0. The SMILES string of the molecule is C=CC(=O)OCCCCOC(=O)C1CCC(C(=O)Oc2ccc(OC(=O)C3CCC(C(=O)Oc4ccc(OC(=O)C5CCC(C(=O)Oc6ccc(OC(=O)C7CCC(C(=O)OCCCCOC(=O)C=C)CC7)c(C(=O)OCCOC(=O)C=C)c6)CC5)c(C(=O)OCCOC(=O)C=C)c4)CC3)cc2C(=O)OCCOC(=O)C=C)CC1. The zero-order valence-corrected chi connectivity index (χ0v) is 63.0. The maximum absolute atomic E-state index is 13.9. The predicted octanol–water partition coefficient (Wildman–Crippen LogP) is 9.51. The second kappa shape index (κ2) is 46.6. The van der Waals surface area contributed by atoms with Crippen molar-refractivity contribution in [3.63, 3.8) is 0 Å². The van der Waals surface area contributed by atoms with Crippen LogP contribution in [-0.2, 0) is 110 Å². The highest BCUT2D eigenvalue weighted by Crippen LogP contribution is 2.39. The monoisotopic (exact) mass is 1590 g/mol. The van der Waals surface area contributed by atoms with E-state index >= 15 is 0 Å². The third-order valence-corrected chi connectivity index (χ3v) is 18.9. The molecule has 4 aliphatic carbocycles. The molecule has 0 atom stereocenters. The lowest BCUT2D eigenvalue weighted by atomic mass is 9.82. The maximum atomic E-state index is 13.9. The van der Waals surface area contributed by atoms with Crippen LogP contribution in [0.25, 0.3) is 0 Å². The molecule has 0 saturated heterocycles. The van der Waals surface area contributed by atoms with Crippen LogP contribution in [0.1, 0.15) is 159 Å². The Bertz CT molecular complexity index is 4020. The van der Waals surface area contributed by atoms with Gasteiger partial charge in [0.25, 0.3) is 0 Å². The van der Waals surface area contributed by atoms with Gasteiger partial charge in [-0.1, -0.05) is 32.9 Å². The number of benzene rings is 3. The first-order valence-corrected chi connectivity index (χ1v) is 37.4. The fraction of sp³-hybridized carbons (Fsp3) is 0.463. The van der Waals surface area contributed by atoms with E-state index in [4.69, 9.17) is 75.8 Å². The van der Waals surface area contributed by atoms with Crippen LogP contribution in [-0.4, -0.2) is 162 Å². The van der Waals surface area contributed by atoms with Gasteiger partial charge in [-0.15, -0.1) is 0 Å². The summed E-state index contributed by atoms with van der Waals surface area (Å²) < 4.78 is 85.8. The molecule has 0 heterocycles. The van der Waals surface area contributed by atoms with Gasteiger partial charge in [0.2, 0.25) is 0 Å². The van der Waals surface area contributed by atoms with Crippen molar-refractivity contribution in [3.05, 3.63) is 135 Å². The number of esters is 16. The number of ether oxygens (including phenoxy) is 16. The summed E-state index contributed by atoms with van der Waals surface area (Å²) in [4.78, 5) is 206. The minimum absolute atomic E-state index is 0.101. The Kier molecular flexibility index (Phi) is 36.5. The average Bonchev–Trinajstić information content (AvgIpc) is 0.824. The van der Waals surface area contributed by atoms with Crippen LogP contribution in [0.15, 0.2) is 118 Å². The predicted molar refractivity (Wildman–Crippen MR) is 392 cm³/mol. The van der Waals surface area contributed by atoms with E-state index in [1.165, 1.54) is 36.4 Å². The Morgan fingerprint density at radius 2 is 0.421 bits per heavy atom. The third-order valence-electron chi connectivity index (χ3n) is 18.9. The van der Waals surface area contributed by atoms with Crippen LogP contribution in [0.3, 0.4) is 0 Å². The standard InChI is InChI=1S/C82H92O32/c1-6-67(83)99-37-11-13-39-104-72(88)50-15-19-55(20-16-50)77(93)112-64-34-31-58(47-61(64)80(96)106-44-41-101-69(85)8-3)109-74(90)52-23-25-53(26-24-52)75(91)110-59-33-36-66(63(48-59)82(98)108-46-43-103-71(87)10-5)114-79(95)57-29-27-54(28-30-57)76(92)111-60-32-35-65(62(49-60)81(97)107-45-42-102-70(86)9-4)113-78(94)56-21-17-51(18-22-56)73(89)105-40-14-12-38-100-68(84)7-2/h6-10,31-36,47-57H,1-5,11-30,37-46H2. The van der Waals surface area contributed by atoms with Crippen molar-refractivity contribution in [3.8, 4) is 34.5 Å². The van der Waals surface area contributed by atoms with E-state index in [1.54, 1.807) is 0 Å². The Morgan fingerprint density at radius 1 is 0.237 bits per heavy atom. The topological polar surface area (TPSA) is 421 Å². The quantitative estimate of drug-likeness (QED) is 0.0168.